The Balaban J connectivity index is 1.33. The maximum atomic E-state index is 12.7. The second-order valence-electron chi connectivity index (χ2n) is 9.02. The first-order chi connectivity index (χ1) is 16.2. The molecular formula is C27H34N4O2. The summed E-state index contributed by atoms with van der Waals surface area (Å²) in [6, 6.07) is 20.2. The van der Waals surface area contributed by atoms with Crippen molar-refractivity contribution >= 4 is 11.7 Å². The van der Waals surface area contributed by atoms with Gasteiger partial charge >= 0.3 is 5.97 Å². The third-order valence-corrected chi connectivity index (χ3v) is 6.76. The summed E-state index contributed by atoms with van der Waals surface area (Å²) in [6.07, 6.45) is 4.12. The number of nitriles is 1. The zero-order chi connectivity index (χ0) is 22.9. The molecule has 0 radical (unpaired) electrons. The van der Waals surface area contributed by atoms with Crippen LogP contribution in [0.4, 0.5) is 5.69 Å². The van der Waals surface area contributed by atoms with Crippen LogP contribution in [0.5, 0.6) is 0 Å². The lowest BCUT2D eigenvalue weighted by molar-refractivity contribution is -0.146. The van der Waals surface area contributed by atoms with E-state index in [1.54, 1.807) is 0 Å². The number of carbonyl (C=O) groups is 1. The van der Waals surface area contributed by atoms with Crippen molar-refractivity contribution in [3.63, 3.8) is 0 Å². The summed E-state index contributed by atoms with van der Waals surface area (Å²) in [4.78, 5) is 20.0. The van der Waals surface area contributed by atoms with Crippen molar-refractivity contribution in [3.05, 3.63) is 65.7 Å². The van der Waals surface area contributed by atoms with Gasteiger partial charge in [0, 0.05) is 38.8 Å². The highest BCUT2D eigenvalue weighted by atomic mass is 16.5. The monoisotopic (exact) mass is 446 g/mol. The molecule has 2 fully saturated rings. The van der Waals surface area contributed by atoms with Gasteiger partial charge < -0.3 is 9.64 Å². The Bertz CT molecular complexity index is 929. The Morgan fingerprint density at radius 3 is 2.33 bits per heavy atom. The Hall–Kier alpha value is -2.88. The van der Waals surface area contributed by atoms with Crippen LogP contribution in [0.25, 0.3) is 0 Å². The lowest BCUT2D eigenvalue weighted by Crippen LogP contribution is -2.53. The molecule has 2 heterocycles. The summed E-state index contributed by atoms with van der Waals surface area (Å²) in [5.74, 6) is -0.115. The van der Waals surface area contributed by atoms with Gasteiger partial charge in [-0.1, -0.05) is 48.9 Å². The average Bonchev–Trinajstić information content (AvgIpc) is 2.88. The minimum Gasteiger partial charge on any atom is -0.461 e. The van der Waals surface area contributed by atoms with E-state index in [1.165, 1.54) is 19.3 Å². The molecule has 1 unspecified atom stereocenters. The highest BCUT2D eigenvalue weighted by Gasteiger charge is 2.28. The van der Waals surface area contributed by atoms with Crippen molar-refractivity contribution in [1.82, 2.24) is 9.80 Å². The first-order valence-electron chi connectivity index (χ1n) is 12.1. The highest BCUT2D eigenvalue weighted by molar-refractivity contribution is 5.70. The van der Waals surface area contributed by atoms with E-state index in [4.69, 9.17) is 4.74 Å². The summed E-state index contributed by atoms with van der Waals surface area (Å²) in [6.45, 7) is 7.00. The van der Waals surface area contributed by atoms with Crippen LogP contribution in [-0.2, 0) is 16.1 Å². The summed E-state index contributed by atoms with van der Waals surface area (Å²) in [5, 5.41) is 9.43. The molecule has 2 aromatic rings. The average molecular weight is 447 g/mol. The quantitative estimate of drug-likeness (QED) is 0.577. The first-order valence-corrected chi connectivity index (χ1v) is 12.1. The zero-order valence-corrected chi connectivity index (χ0v) is 19.4. The van der Waals surface area contributed by atoms with Crippen LogP contribution in [0.2, 0.25) is 0 Å². The number of hydrogen-bond acceptors (Lipinski definition) is 6. The number of piperazine rings is 1. The standard InChI is InChI=1S/C27H34N4O2/c28-20-24-11-5-6-12-26(24)31-17-15-29(16-18-31)21-25(30-13-7-2-8-14-30)19-27(32)33-22-23-9-3-1-4-10-23/h1,3-6,9-12,25H,2,7-8,13-19,21-22H2. The van der Waals surface area contributed by atoms with Gasteiger partial charge in [-0.25, -0.2) is 0 Å². The van der Waals surface area contributed by atoms with Gasteiger partial charge in [0.25, 0.3) is 0 Å². The third kappa shape index (κ3) is 6.56. The second-order valence-corrected chi connectivity index (χ2v) is 9.02. The maximum Gasteiger partial charge on any atom is 0.307 e. The molecule has 2 aromatic carbocycles. The fourth-order valence-electron chi connectivity index (χ4n) is 4.90. The number of esters is 1. The lowest BCUT2D eigenvalue weighted by atomic mass is 10.0. The number of benzene rings is 2. The van der Waals surface area contributed by atoms with E-state index >= 15 is 0 Å². The highest BCUT2D eigenvalue weighted by Crippen LogP contribution is 2.22. The zero-order valence-electron chi connectivity index (χ0n) is 19.4. The Kier molecular flexibility index (Phi) is 8.35. The SMILES string of the molecule is N#Cc1ccccc1N1CCN(CC(CC(=O)OCc2ccccc2)N2CCCCC2)CC1. The summed E-state index contributed by atoms with van der Waals surface area (Å²) in [7, 11) is 0. The number of anilines is 1. The van der Waals surface area contributed by atoms with Gasteiger partial charge in [0.05, 0.1) is 17.7 Å². The Morgan fingerprint density at radius 1 is 0.909 bits per heavy atom. The van der Waals surface area contributed by atoms with Gasteiger partial charge in [-0.05, 0) is 43.6 Å². The Morgan fingerprint density at radius 2 is 1.61 bits per heavy atom. The molecule has 0 N–H and O–H groups in total. The number of likely N-dealkylation sites (tertiary alicyclic amines) is 1. The van der Waals surface area contributed by atoms with Crippen molar-refractivity contribution in [2.45, 2.75) is 38.3 Å². The number of para-hydroxylation sites is 1. The molecule has 0 saturated carbocycles. The number of nitrogens with zero attached hydrogens (tertiary/aromatic N) is 4. The van der Waals surface area contributed by atoms with E-state index in [0.717, 1.165) is 62.6 Å². The minimum atomic E-state index is -0.115. The molecule has 0 spiro atoms. The van der Waals surface area contributed by atoms with Crippen molar-refractivity contribution < 1.29 is 9.53 Å². The van der Waals surface area contributed by atoms with Crippen LogP contribution >= 0.6 is 0 Å². The van der Waals surface area contributed by atoms with Crippen LogP contribution in [0.3, 0.4) is 0 Å². The third-order valence-electron chi connectivity index (χ3n) is 6.76. The van der Waals surface area contributed by atoms with Crippen molar-refractivity contribution in [2.75, 3.05) is 50.7 Å². The predicted molar refractivity (Wildman–Crippen MR) is 130 cm³/mol. The molecule has 2 aliphatic rings. The normalized spacial score (nSPS) is 18.5. The molecule has 0 aromatic heterocycles. The van der Waals surface area contributed by atoms with Crippen LogP contribution in [0.15, 0.2) is 54.6 Å². The van der Waals surface area contributed by atoms with Gasteiger partial charge in [-0.2, -0.15) is 5.26 Å². The van der Waals surface area contributed by atoms with Gasteiger partial charge in [-0.3, -0.25) is 14.6 Å². The van der Waals surface area contributed by atoms with Gasteiger partial charge in [-0.15, -0.1) is 0 Å². The molecule has 0 aliphatic carbocycles. The molecule has 1 atom stereocenters. The largest absolute Gasteiger partial charge is 0.461 e. The maximum absolute atomic E-state index is 12.7. The van der Waals surface area contributed by atoms with Gasteiger partial charge in [0.1, 0.15) is 12.7 Å². The van der Waals surface area contributed by atoms with Crippen LogP contribution in [0, 0.1) is 11.3 Å². The summed E-state index contributed by atoms with van der Waals surface area (Å²) < 4.78 is 5.62. The van der Waals surface area contributed by atoms with E-state index in [9.17, 15) is 10.1 Å². The molecule has 6 nitrogen and oxygen atoms in total. The molecule has 33 heavy (non-hydrogen) atoms. The molecule has 4 rings (SSSR count). The van der Waals surface area contributed by atoms with Crippen molar-refractivity contribution in [3.8, 4) is 6.07 Å². The van der Waals surface area contributed by atoms with Crippen LogP contribution in [0.1, 0.15) is 36.8 Å². The van der Waals surface area contributed by atoms with Gasteiger partial charge in [0.15, 0.2) is 0 Å². The Labute approximate surface area is 197 Å². The molecule has 0 amide bonds. The second kappa shape index (κ2) is 11.8. The van der Waals surface area contributed by atoms with E-state index in [1.807, 2.05) is 54.6 Å². The fraction of sp³-hybridized carbons (Fsp3) is 0.481. The van der Waals surface area contributed by atoms with Gasteiger partial charge in [0.2, 0.25) is 0 Å². The number of hydrogen-bond donors (Lipinski definition) is 0. The first kappa shape index (κ1) is 23.3. The van der Waals surface area contributed by atoms with E-state index in [2.05, 4.69) is 20.8 Å². The molecule has 6 heteroatoms. The molecule has 2 saturated heterocycles. The lowest BCUT2D eigenvalue weighted by Gasteiger charge is -2.41. The van der Waals surface area contributed by atoms with Crippen LogP contribution in [-0.4, -0.2) is 67.6 Å². The number of ether oxygens (including phenoxy) is 1. The van der Waals surface area contributed by atoms with E-state index < -0.39 is 0 Å². The topological polar surface area (TPSA) is 59.8 Å². The molecular weight excluding hydrogens is 412 g/mol. The number of rotatable bonds is 8. The van der Waals surface area contributed by atoms with E-state index in [0.29, 0.717) is 13.0 Å². The molecule has 0 bridgehead atoms. The van der Waals surface area contributed by atoms with E-state index in [-0.39, 0.29) is 12.0 Å². The smallest absolute Gasteiger partial charge is 0.307 e. The minimum absolute atomic E-state index is 0.115. The van der Waals surface area contributed by atoms with Crippen LogP contribution < -0.4 is 4.90 Å². The summed E-state index contributed by atoms with van der Waals surface area (Å²) >= 11 is 0. The van der Waals surface area contributed by atoms with Crippen molar-refractivity contribution in [2.24, 2.45) is 0 Å². The molecule has 2 aliphatic heterocycles. The predicted octanol–water partition coefficient (Wildman–Crippen LogP) is 3.67. The molecule has 174 valence electrons. The van der Waals surface area contributed by atoms with Crippen molar-refractivity contribution in [1.29, 1.82) is 5.26 Å². The fourth-order valence-corrected chi connectivity index (χ4v) is 4.90. The number of carbonyl (C=O) groups excluding carboxylic acids is 1. The number of piperidine rings is 1. The summed E-state index contributed by atoms with van der Waals surface area (Å²) in [5.41, 5.74) is 2.78.